The van der Waals surface area contributed by atoms with Crippen LogP contribution in [0.4, 0.5) is 18.0 Å². The Bertz CT molecular complexity index is 347. The average molecular weight is 296 g/mol. The highest BCUT2D eigenvalue weighted by Crippen LogP contribution is 2.33. The van der Waals surface area contributed by atoms with Crippen LogP contribution in [-0.2, 0) is 9.53 Å². The van der Waals surface area contributed by atoms with Crippen molar-refractivity contribution in [2.75, 3.05) is 26.2 Å². The van der Waals surface area contributed by atoms with Crippen LogP contribution in [0.15, 0.2) is 0 Å². The highest BCUT2D eigenvalue weighted by atomic mass is 19.4. The summed E-state index contributed by atoms with van der Waals surface area (Å²) in [5.41, 5.74) is 0. The zero-order valence-corrected chi connectivity index (χ0v) is 11.3. The Morgan fingerprint density at radius 2 is 2.10 bits per heavy atom. The van der Waals surface area contributed by atoms with E-state index in [-0.39, 0.29) is 38.4 Å². The lowest BCUT2D eigenvalue weighted by atomic mass is 9.97. The minimum absolute atomic E-state index is 0.0244. The lowest BCUT2D eigenvalue weighted by molar-refractivity contribution is -0.188. The fourth-order valence-corrected chi connectivity index (χ4v) is 2.08. The van der Waals surface area contributed by atoms with Crippen LogP contribution in [0.25, 0.3) is 0 Å². The van der Waals surface area contributed by atoms with Crippen molar-refractivity contribution in [3.05, 3.63) is 0 Å². The minimum Gasteiger partial charge on any atom is -0.450 e. The van der Waals surface area contributed by atoms with E-state index in [1.807, 2.05) is 0 Å². The van der Waals surface area contributed by atoms with E-state index in [0.717, 1.165) is 0 Å². The molecule has 0 bridgehead atoms. The molecular weight excluding hydrogens is 277 g/mol. The Kier molecular flexibility index (Phi) is 6.09. The lowest BCUT2D eigenvalue weighted by Crippen LogP contribution is -2.45. The third kappa shape index (κ3) is 5.26. The number of hydrogen-bond donors (Lipinski definition) is 1. The summed E-state index contributed by atoms with van der Waals surface area (Å²) in [7, 11) is 0. The third-order valence-electron chi connectivity index (χ3n) is 3.12. The number of piperidine rings is 1. The molecule has 0 aromatic heterocycles. The maximum Gasteiger partial charge on any atom is 0.407 e. The summed E-state index contributed by atoms with van der Waals surface area (Å²) in [6, 6.07) is 0. The molecule has 0 unspecified atom stereocenters. The molecule has 2 amide bonds. The molecule has 20 heavy (non-hydrogen) atoms. The van der Waals surface area contributed by atoms with Gasteiger partial charge in [-0.25, -0.2) is 4.79 Å². The monoisotopic (exact) mass is 296 g/mol. The van der Waals surface area contributed by atoms with Crippen LogP contribution in [0.2, 0.25) is 0 Å². The van der Waals surface area contributed by atoms with Gasteiger partial charge in [-0.15, -0.1) is 0 Å². The minimum atomic E-state index is -4.26. The van der Waals surface area contributed by atoms with Crippen LogP contribution in [-0.4, -0.2) is 49.3 Å². The van der Waals surface area contributed by atoms with Gasteiger partial charge in [-0.05, 0) is 19.8 Å². The van der Waals surface area contributed by atoms with Crippen molar-refractivity contribution in [3.63, 3.8) is 0 Å². The van der Waals surface area contributed by atoms with Crippen molar-refractivity contribution in [2.45, 2.75) is 32.4 Å². The van der Waals surface area contributed by atoms with E-state index in [9.17, 15) is 22.8 Å². The topological polar surface area (TPSA) is 58.6 Å². The molecule has 1 saturated heterocycles. The van der Waals surface area contributed by atoms with Crippen LogP contribution < -0.4 is 5.32 Å². The third-order valence-corrected chi connectivity index (χ3v) is 3.12. The first-order valence-corrected chi connectivity index (χ1v) is 6.59. The number of rotatable bonds is 4. The van der Waals surface area contributed by atoms with Gasteiger partial charge in [0, 0.05) is 26.1 Å². The zero-order valence-electron chi connectivity index (χ0n) is 11.3. The van der Waals surface area contributed by atoms with E-state index in [1.54, 1.807) is 6.92 Å². The number of nitrogens with one attached hydrogen (secondary N) is 1. The van der Waals surface area contributed by atoms with Gasteiger partial charge in [0.2, 0.25) is 5.91 Å². The molecule has 0 aromatic rings. The van der Waals surface area contributed by atoms with E-state index >= 15 is 0 Å². The maximum absolute atomic E-state index is 12.6. The fraction of sp³-hybridized carbons (Fsp3) is 0.833. The van der Waals surface area contributed by atoms with Crippen LogP contribution in [0, 0.1) is 5.92 Å². The Morgan fingerprint density at radius 1 is 1.40 bits per heavy atom. The Balaban J connectivity index is 2.34. The lowest BCUT2D eigenvalue weighted by Gasteiger charge is -2.33. The Morgan fingerprint density at radius 3 is 2.70 bits per heavy atom. The molecular formula is C12H19F3N2O3. The normalized spacial score (nSPS) is 19.6. The number of halogens is 3. The molecule has 8 heteroatoms. The number of amides is 2. The van der Waals surface area contributed by atoms with Gasteiger partial charge in [0.1, 0.15) is 0 Å². The fourth-order valence-electron chi connectivity index (χ4n) is 2.08. The number of nitrogens with zero attached hydrogens (tertiary/aromatic N) is 1. The number of likely N-dealkylation sites (tertiary alicyclic amines) is 1. The molecule has 1 atom stereocenters. The number of hydrogen-bond acceptors (Lipinski definition) is 3. The first kappa shape index (κ1) is 16.6. The molecule has 1 fully saturated rings. The predicted octanol–water partition coefficient (Wildman–Crippen LogP) is 1.92. The van der Waals surface area contributed by atoms with Crippen LogP contribution >= 0.6 is 0 Å². The summed E-state index contributed by atoms with van der Waals surface area (Å²) in [6.45, 7) is 1.98. The Hall–Kier alpha value is -1.47. The summed E-state index contributed by atoms with van der Waals surface area (Å²) >= 11 is 0. The van der Waals surface area contributed by atoms with Gasteiger partial charge in [-0.1, -0.05) is 0 Å². The molecule has 0 aromatic carbocycles. The molecule has 0 radical (unpaired) electrons. The molecule has 5 nitrogen and oxygen atoms in total. The van der Waals surface area contributed by atoms with Crippen LogP contribution in [0.5, 0.6) is 0 Å². The highest BCUT2D eigenvalue weighted by Gasteiger charge is 2.42. The standard InChI is InChI=1S/C12H19F3N2O3/c1-2-20-11(19)16-6-5-10(18)17-7-3-4-9(8-17)12(13,14)15/h9H,2-8H2,1H3,(H,16,19)/t9-/m0/s1. The largest absolute Gasteiger partial charge is 0.450 e. The number of ether oxygens (including phenoxy) is 1. The van der Waals surface area contributed by atoms with Gasteiger partial charge in [-0.2, -0.15) is 13.2 Å². The number of carbonyl (C=O) groups is 2. The van der Waals surface area contributed by atoms with E-state index < -0.39 is 18.2 Å². The number of alkyl halides is 3. The molecule has 1 heterocycles. The van der Waals surface area contributed by atoms with Crippen molar-refractivity contribution < 1.29 is 27.5 Å². The molecule has 1 rings (SSSR count). The molecule has 116 valence electrons. The second kappa shape index (κ2) is 7.35. The van der Waals surface area contributed by atoms with Crippen LogP contribution in [0.3, 0.4) is 0 Å². The molecule has 0 aliphatic carbocycles. The molecule has 0 spiro atoms. The van der Waals surface area contributed by atoms with Crippen molar-refractivity contribution in [2.24, 2.45) is 5.92 Å². The molecule has 1 aliphatic rings. The second-order valence-corrected chi connectivity index (χ2v) is 4.62. The predicted molar refractivity (Wildman–Crippen MR) is 65.0 cm³/mol. The van der Waals surface area contributed by atoms with Gasteiger partial charge in [0.25, 0.3) is 0 Å². The second-order valence-electron chi connectivity index (χ2n) is 4.62. The van der Waals surface area contributed by atoms with Gasteiger partial charge in [0.15, 0.2) is 0 Å². The van der Waals surface area contributed by atoms with Gasteiger partial charge in [-0.3, -0.25) is 4.79 Å². The first-order chi connectivity index (χ1) is 9.34. The Labute approximate surface area is 115 Å². The van der Waals surface area contributed by atoms with Crippen molar-refractivity contribution in [1.82, 2.24) is 10.2 Å². The highest BCUT2D eigenvalue weighted by molar-refractivity contribution is 5.77. The number of alkyl carbamates (subject to hydrolysis) is 1. The van der Waals surface area contributed by atoms with Crippen molar-refractivity contribution in [1.29, 1.82) is 0 Å². The molecule has 1 aliphatic heterocycles. The zero-order chi connectivity index (χ0) is 15.2. The van der Waals surface area contributed by atoms with Gasteiger partial charge in [0.05, 0.1) is 12.5 Å². The number of carbonyl (C=O) groups excluding carboxylic acids is 2. The summed E-state index contributed by atoms with van der Waals surface area (Å²) in [5.74, 6) is -1.83. The molecule has 0 saturated carbocycles. The van der Waals surface area contributed by atoms with Crippen LogP contribution in [0.1, 0.15) is 26.2 Å². The van der Waals surface area contributed by atoms with E-state index in [1.165, 1.54) is 4.90 Å². The van der Waals surface area contributed by atoms with Gasteiger partial charge < -0.3 is 15.0 Å². The smallest absolute Gasteiger partial charge is 0.407 e. The van der Waals surface area contributed by atoms with Gasteiger partial charge >= 0.3 is 12.3 Å². The van der Waals surface area contributed by atoms with Crippen molar-refractivity contribution >= 4 is 12.0 Å². The van der Waals surface area contributed by atoms with E-state index in [4.69, 9.17) is 0 Å². The van der Waals surface area contributed by atoms with E-state index in [0.29, 0.717) is 13.0 Å². The summed E-state index contributed by atoms with van der Waals surface area (Å²) in [6.07, 6.45) is -4.51. The van der Waals surface area contributed by atoms with E-state index in [2.05, 4.69) is 10.1 Å². The SMILES string of the molecule is CCOC(=O)NCCC(=O)N1CCC[C@H](C(F)(F)F)C1. The summed E-state index contributed by atoms with van der Waals surface area (Å²) in [5, 5.41) is 2.36. The van der Waals surface area contributed by atoms with Crippen molar-refractivity contribution in [3.8, 4) is 0 Å². The molecule has 1 N–H and O–H groups in total. The quantitative estimate of drug-likeness (QED) is 0.862. The summed E-state index contributed by atoms with van der Waals surface area (Å²) < 4.78 is 42.4. The maximum atomic E-state index is 12.6. The average Bonchev–Trinajstić information content (AvgIpc) is 2.38. The first-order valence-electron chi connectivity index (χ1n) is 6.59. The summed E-state index contributed by atoms with van der Waals surface area (Å²) in [4.78, 5) is 24.0.